The van der Waals surface area contributed by atoms with Crippen molar-refractivity contribution in [3.63, 3.8) is 0 Å². The molecular formula is C31H50O. The number of fused-ring (bicyclic) bond motifs is 6. The lowest BCUT2D eigenvalue weighted by Gasteiger charge is -2.69. The molecule has 5 aliphatic carbocycles. The van der Waals surface area contributed by atoms with Gasteiger partial charge in [0.05, 0.1) is 6.10 Å². The molecule has 3 fully saturated rings. The van der Waals surface area contributed by atoms with Gasteiger partial charge in [0.2, 0.25) is 0 Å². The van der Waals surface area contributed by atoms with Gasteiger partial charge in [-0.05, 0) is 115 Å². The molecule has 1 heteroatoms. The van der Waals surface area contributed by atoms with Crippen LogP contribution >= 0.6 is 0 Å². The SMILES string of the molecule is C=C[C@]1(C)CC[C@]2(C)CC[C@]3(C)C4=C(CC[C@@]3(C)[C@@H]2C1)[C@@]1(C)CC[C@H](O)C(C)(C)[C@@H]1CC4. The molecule has 0 spiro atoms. The van der Waals surface area contributed by atoms with Gasteiger partial charge >= 0.3 is 0 Å². The molecule has 0 amide bonds. The van der Waals surface area contributed by atoms with Crippen molar-refractivity contribution in [1.29, 1.82) is 0 Å². The zero-order chi connectivity index (χ0) is 23.4. The third-order valence-electron chi connectivity index (χ3n) is 13.3. The molecule has 180 valence electrons. The molecule has 0 aliphatic heterocycles. The number of allylic oxidation sites excluding steroid dienone is 3. The number of aliphatic hydroxyl groups is 1. The standard InChI is InChI=1S/C31H50O/c1-9-27(4)16-17-28(5)18-19-30(7)22-10-11-23-26(2,3)25(32)13-14-29(23,6)21(22)12-15-31(30,8)24(28)20-27/h9,23-25,32H,1,10-20H2,2-8H3/t23-,24+,25-,27+,28+,29+,30+,31-/m0/s1. The Bertz CT molecular complexity index is 851. The summed E-state index contributed by atoms with van der Waals surface area (Å²) in [4.78, 5) is 0. The minimum Gasteiger partial charge on any atom is -0.393 e. The fraction of sp³-hybridized carbons (Fsp3) is 0.871. The quantitative estimate of drug-likeness (QED) is 0.407. The molecule has 0 bridgehead atoms. The first kappa shape index (κ1) is 23.2. The molecule has 1 N–H and O–H groups in total. The first-order chi connectivity index (χ1) is 14.8. The van der Waals surface area contributed by atoms with E-state index in [0.717, 1.165) is 12.3 Å². The molecule has 1 nitrogen and oxygen atoms in total. The predicted molar refractivity (Wildman–Crippen MR) is 135 cm³/mol. The summed E-state index contributed by atoms with van der Waals surface area (Å²) in [6.07, 6.45) is 16.3. The third kappa shape index (κ3) is 2.73. The molecule has 5 aliphatic rings. The van der Waals surface area contributed by atoms with Crippen LogP contribution < -0.4 is 0 Å². The summed E-state index contributed by atoms with van der Waals surface area (Å²) in [6.45, 7) is 22.1. The fourth-order valence-corrected chi connectivity index (χ4v) is 10.5. The minimum absolute atomic E-state index is 0.0352. The Hall–Kier alpha value is -0.560. The Morgan fingerprint density at radius 1 is 0.781 bits per heavy atom. The molecule has 0 unspecified atom stereocenters. The number of aliphatic hydroxyl groups excluding tert-OH is 1. The maximum absolute atomic E-state index is 10.9. The van der Waals surface area contributed by atoms with Crippen LogP contribution in [0.3, 0.4) is 0 Å². The Balaban J connectivity index is 1.59. The molecule has 32 heavy (non-hydrogen) atoms. The maximum atomic E-state index is 10.9. The summed E-state index contributed by atoms with van der Waals surface area (Å²) in [5.74, 6) is 1.42. The zero-order valence-electron chi connectivity index (χ0n) is 22.2. The summed E-state index contributed by atoms with van der Waals surface area (Å²) in [6, 6.07) is 0. The van der Waals surface area contributed by atoms with E-state index >= 15 is 0 Å². The topological polar surface area (TPSA) is 20.2 Å². The molecule has 0 saturated heterocycles. The van der Waals surface area contributed by atoms with Gasteiger partial charge in [-0.15, -0.1) is 6.58 Å². The van der Waals surface area contributed by atoms with Crippen LogP contribution in [-0.4, -0.2) is 11.2 Å². The number of hydrogen-bond donors (Lipinski definition) is 1. The average molecular weight is 439 g/mol. The van der Waals surface area contributed by atoms with Crippen LogP contribution in [0.15, 0.2) is 23.8 Å². The molecule has 0 aromatic heterocycles. The first-order valence-corrected chi connectivity index (χ1v) is 13.8. The zero-order valence-corrected chi connectivity index (χ0v) is 22.2. The molecule has 0 radical (unpaired) electrons. The van der Waals surface area contributed by atoms with Crippen molar-refractivity contribution in [2.75, 3.05) is 0 Å². The highest BCUT2D eigenvalue weighted by molar-refractivity contribution is 5.39. The number of rotatable bonds is 1. The van der Waals surface area contributed by atoms with Crippen LogP contribution in [0.4, 0.5) is 0 Å². The van der Waals surface area contributed by atoms with Crippen molar-refractivity contribution in [3.8, 4) is 0 Å². The monoisotopic (exact) mass is 438 g/mol. The van der Waals surface area contributed by atoms with Gasteiger partial charge in [-0.1, -0.05) is 65.7 Å². The Labute approximate surface area is 198 Å². The smallest absolute Gasteiger partial charge is 0.0594 e. The summed E-state index contributed by atoms with van der Waals surface area (Å²) in [7, 11) is 0. The van der Waals surface area contributed by atoms with Crippen molar-refractivity contribution in [1.82, 2.24) is 0 Å². The van der Waals surface area contributed by atoms with Crippen LogP contribution in [-0.2, 0) is 0 Å². The lowest BCUT2D eigenvalue weighted by Crippen LogP contribution is -2.61. The van der Waals surface area contributed by atoms with E-state index < -0.39 is 0 Å². The average Bonchev–Trinajstić information content (AvgIpc) is 2.74. The number of hydrogen-bond acceptors (Lipinski definition) is 1. The second-order valence-electron chi connectivity index (χ2n) is 14.9. The van der Waals surface area contributed by atoms with E-state index in [1.807, 2.05) is 11.1 Å². The fourth-order valence-electron chi connectivity index (χ4n) is 10.5. The lowest BCUT2D eigenvalue weighted by atomic mass is 9.35. The van der Waals surface area contributed by atoms with Gasteiger partial charge in [0, 0.05) is 0 Å². The first-order valence-electron chi connectivity index (χ1n) is 13.8. The van der Waals surface area contributed by atoms with Gasteiger partial charge in [-0.3, -0.25) is 0 Å². The van der Waals surface area contributed by atoms with Crippen molar-refractivity contribution >= 4 is 0 Å². The van der Waals surface area contributed by atoms with E-state index in [9.17, 15) is 5.11 Å². The largest absolute Gasteiger partial charge is 0.393 e. The van der Waals surface area contributed by atoms with E-state index in [4.69, 9.17) is 0 Å². The van der Waals surface area contributed by atoms with Crippen molar-refractivity contribution in [3.05, 3.63) is 23.8 Å². The molecule has 0 aromatic rings. The van der Waals surface area contributed by atoms with Gasteiger partial charge in [0.1, 0.15) is 0 Å². The normalized spacial score (nSPS) is 54.7. The summed E-state index contributed by atoms with van der Waals surface area (Å²) >= 11 is 0. The summed E-state index contributed by atoms with van der Waals surface area (Å²) < 4.78 is 0. The van der Waals surface area contributed by atoms with Gasteiger partial charge < -0.3 is 5.11 Å². The van der Waals surface area contributed by atoms with Gasteiger partial charge in [-0.2, -0.15) is 0 Å². The van der Waals surface area contributed by atoms with Crippen LogP contribution in [0.1, 0.15) is 119 Å². The van der Waals surface area contributed by atoms with E-state index in [-0.39, 0.29) is 11.5 Å². The highest BCUT2D eigenvalue weighted by Gasteiger charge is 2.65. The molecule has 0 heterocycles. The molecular weight excluding hydrogens is 388 g/mol. The molecule has 3 saturated carbocycles. The van der Waals surface area contributed by atoms with Gasteiger partial charge in [-0.25, -0.2) is 0 Å². The maximum Gasteiger partial charge on any atom is 0.0594 e. The Morgan fingerprint density at radius 3 is 2.16 bits per heavy atom. The minimum atomic E-state index is -0.138. The van der Waals surface area contributed by atoms with E-state index in [1.54, 1.807) is 0 Å². The van der Waals surface area contributed by atoms with Crippen LogP contribution in [0.25, 0.3) is 0 Å². The third-order valence-corrected chi connectivity index (χ3v) is 13.3. The van der Waals surface area contributed by atoms with Crippen molar-refractivity contribution < 1.29 is 5.11 Å². The predicted octanol–water partition coefficient (Wildman–Crippen LogP) is 8.48. The van der Waals surface area contributed by atoms with Crippen molar-refractivity contribution in [2.24, 2.45) is 44.3 Å². The Morgan fingerprint density at radius 2 is 1.47 bits per heavy atom. The van der Waals surface area contributed by atoms with Crippen LogP contribution in [0, 0.1) is 44.3 Å². The van der Waals surface area contributed by atoms with Crippen molar-refractivity contribution in [2.45, 2.75) is 125 Å². The van der Waals surface area contributed by atoms with E-state index in [0.29, 0.717) is 33.0 Å². The molecule has 5 rings (SSSR count). The second kappa shape index (κ2) is 6.77. The Kier molecular flexibility index (Phi) is 4.90. The lowest BCUT2D eigenvalue weighted by molar-refractivity contribution is -0.151. The van der Waals surface area contributed by atoms with E-state index in [1.165, 1.54) is 64.2 Å². The van der Waals surface area contributed by atoms with E-state index in [2.05, 4.69) is 61.1 Å². The molecule has 8 atom stereocenters. The van der Waals surface area contributed by atoms with Crippen LogP contribution in [0.2, 0.25) is 0 Å². The van der Waals surface area contributed by atoms with Crippen LogP contribution in [0.5, 0.6) is 0 Å². The highest BCUT2D eigenvalue weighted by atomic mass is 16.3. The highest BCUT2D eigenvalue weighted by Crippen LogP contribution is 2.75. The second-order valence-corrected chi connectivity index (χ2v) is 14.9. The summed E-state index contributed by atoms with van der Waals surface area (Å²) in [5.41, 5.74) is 5.62. The summed E-state index contributed by atoms with van der Waals surface area (Å²) in [5, 5.41) is 10.9. The molecule has 0 aromatic carbocycles. The van der Waals surface area contributed by atoms with Gasteiger partial charge in [0.25, 0.3) is 0 Å². The van der Waals surface area contributed by atoms with Gasteiger partial charge in [0.15, 0.2) is 0 Å².